The molecule has 7 nitrogen and oxygen atoms in total. The molecule has 0 aromatic heterocycles. The Hall–Kier alpha value is 8.91. The molecule has 6 aromatic carbocycles. The summed E-state index contributed by atoms with van der Waals surface area (Å²) in [5, 5.41) is 0. The third-order valence-electron chi connectivity index (χ3n) is 8.63. The Kier molecular flexibility index (Phi) is 29.3. The molecule has 0 spiro atoms. The molecule has 0 radical (unpaired) electrons. The van der Waals surface area contributed by atoms with E-state index in [9.17, 15) is 0 Å². The zero-order chi connectivity index (χ0) is 56.7. The van der Waals surface area contributed by atoms with Crippen molar-refractivity contribution in [3.8, 4) is 34.5 Å². The summed E-state index contributed by atoms with van der Waals surface area (Å²) in [5.41, 5.74) is 0. The van der Waals surface area contributed by atoms with Gasteiger partial charge in [0.25, 0.3) is 0 Å². The Morgan fingerprint density at radius 1 is 0.133 bits per heavy atom. The second-order valence-electron chi connectivity index (χ2n) is 13.1. The first-order valence-electron chi connectivity index (χ1n) is 17.5. The number of hydrogen-bond donors (Lipinski definition) is 0. The average Bonchev–Trinajstić information content (AvgIpc) is 3.39. The standard InChI is InChI=1S/C36Br30O7Si2/c37-1-7(43)19(55)31(20(56)8(1)44)67-74(68-32-21(57)9(45)2(38)10(46)22(32)58,69-33-23(59)11(47)3(39)12(48)24(33)60)73-75(70-34-25(61)13(49)4(40)14(50)26(34)62,71-35-27(63)15(51)5(41)16(52)28(35)64)72-36-29(65)17(53)6(42)18(54)30(36)66. The molecule has 39 heteroatoms. The highest BCUT2D eigenvalue weighted by molar-refractivity contribution is 9.19. The maximum Gasteiger partial charge on any atom is 0.890 e. The molecule has 6 rings (SSSR count). The van der Waals surface area contributed by atoms with Crippen LogP contribution in [0.1, 0.15) is 0 Å². The van der Waals surface area contributed by atoms with Crippen molar-refractivity contribution in [3.05, 3.63) is 134 Å². The predicted molar refractivity (Wildman–Crippen MR) is 406 cm³/mol. The molecule has 75 heavy (non-hydrogen) atoms. The van der Waals surface area contributed by atoms with Gasteiger partial charge in [0, 0.05) is 26.8 Å². The van der Waals surface area contributed by atoms with Crippen molar-refractivity contribution in [2.45, 2.75) is 0 Å². The first kappa shape index (κ1) is 73.0. The highest BCUT2D eigenvalue weighted by atomic mass is 79.9. The average molecular weight is 3000 g/mol. The van der Waals surface area contributed by atoms with E-state index in [-0.39, 0.29) is 34.5 Å². The van der Waals surface area contributed by atoms with Crippen LogP contribution < -0.4 is 26.6 Å². The molecule has 0 aliphatic heterocycles. The summed E-state index contributed by atoms with van der Waals surface area (Å²) in [4.78, 5) is 0. The van der Waals surface area contributed by atoms with Gasteiger partial charge >= 0.3 is 18.1 Å². The van der Waals surface area contributed by atoms with Gasteiger partial charge in [0.15, 0.2) is 0 Å². The van der Waals surface area contributed by atoms with Crippen LogP contribution in [0.25, 0.3) is 0 Å². The summed E-state index contributed by atoms with van der Waals surface area (Å²) in [5.74, 6) is 0.505. The zero-order valence-corrected chi connectivity index (χ0v) is 82.8. The lowest BCUT2D eigenvalue weighted by Crippen LogP contribution is -2.71. The van der Waals surface area contributed by atoms with E-state index in [0.29, 0.717) is 134 Å². The number of rotatable bonds is 14. The third kappa shape index (κ3) is 15.2. The smallest absolute Gasteiger partial charge is 0.460 e. The maximum atomic E-state index is 7.81. The van der Waals surface area contributed by atoms with E-state index in [1.54, 1.807) is 0 Å². The van der Waals surface area contributed by atoms with Gasteiger partial charge in [-0.2, -0.15) is 0 Å². The molecule has 0 bridgehead atoms. The minimum absolute atomic E-state index is 0.0842. The molecule has 0 N–H and O–H groups in total. The molecular weight excluding hydrogens is 3000 g/mol. The van der Waals surface area contributed by atoms with Gasteiger partial charge in [-0.1, -0.05) is 0 Å². The highest BCUT2D eigenvalue weighted by Gasteiger charge is 2.72. The molecule has 0 aliphatic rings. The topological polar surface area (TPSA) is 64.6 Å². The van der Waals surface area contributed by atoms with E-state index in [2.05, 4.69) is 478 Å². The van der Waals surface area contributed by atoms with E-state index < -0.39 is 18.1 Å². The molecule has 6 aromatic rings. The second-order valence-corrected chi connectivity index (χ2v) is 40.9. The van der Waals surface area contributed by atoms with Crippen molar-refractivity contribution >= 4 is 496 Å². The molecule has 0 heterocycles. The lowest BCUT2D eigenvalue weighted by molar-refractivity contribution is 0.0735. The molecule has 0 unspecified atom stereocenters. The summed E-state index contributed by atoms with van der Waals surface area (Å²) in [6, 6.07) is 0. The van der Waals surface area contributed by atoms with Crippen molar-refractivity contribution in [1.82, 2.24) is 0 Å². The molecule has 0 fully saturated rings. The Balaban J connectivity index is 1.96. The van der Waals surface area contributed by atoms with Gasteiger partial charge in [-0.25, -0.2) is 0 Å². The number of benzene rings is 6. The van der Waals surface area contributed by atoms with Gasteiger partial charge in [0.1, 0.15) is 34.5 Å². The molecule has 0 aliphatic carbocycles. The predicted octanol–water partition coefficient (Wildman–Crippen LogP) is 31.2. The van der Waals surface area contributed by atoms with Crippen molar-refractivity contribution in [3.63, 3.8) is 0 Å². The zero-order valence-electron chi connectivity index (χ0n) is 33.2. The normalized spacial score (nSPS) is 11.9. The monoisotopic (exact) mass is 2970 g/mol. The highest BCUT2D eigenvalue weighted by Crippen LogP contribution is 2.58. The summed E-state index contributed by atoms with van der Waals surface area (Å²) in [6.07, 6.45) is 0. The van der Waals surface area contributed by atoms with Crippen LogP contribution in [0.2, 0.25) is 0 Å². The minimum atomic E-state index is -5.57. The van der Waals surface area contributed by atoms with Gasteiger partial charge in [-0.3, -0.25) is 4.12 Å². The van der Waals surface area contributed by atoms with E-state index in [4.69, 9.17) is 30.7 Å². The molecule has 0 saturated heterocycles. The first-order chi connectivity index (χ1) is 34.6. The summed E-state index contributed by atoms with van der Waals surface area (Å²) >= 11 is 112. The van der Waals surface area contributed by atoms with Crippen molar-refractivity contribution in [2.24, 2.45) is 0 Å². The fourth-order valence-corrected chi connectivity index (χ4v) is 31.2. The molecular formula is C36Br30O7Si2. The lowest BCUT2D eigenvalue weighted by Gasteiger charge is -2.37. The number of hydrogen-bond acceptors (Lipinski definition) is 7. The second kappa shape index (κ2) is 30.1. The lowest BCUT2D eigenvalue weighted by atomic mass is 10.3. The Morgan fingerprint density at radius 3 is 0.307 bits per heavy atom. The van der Waals surface area contributed by atoms with Crippen LogP contribution in [0.5, 0.6) is 34.5 Å². The summed E-state index contributed by atoms with van der Waals surface area (Å²) < 4.78 is 66.8. The largest absolute Gasteiger partial charge is 0.890 e. The minimum Gasteiger partial charge on any atom is -0.460 e. The maximum absolute atomic E-state index is 7.81. The summed E-state index contributed by atoms with van der Waals surface area (Å²) in [6.45, 7) is 0. The Morgan fingerprint density at radius 2 is 0.213 bits per heavy atom. The molecule has 404 valence electrons. The Labute approximate surface area is 680 Å². The number of halogens is 30. The van der Waals surface area contributed by atoms with Gasteiger partial charge in [0.2, 0.25) is 0 Å². The van der Waals surface area contributed by atoms with Crippen molar-refractivity contribution in [2.75, 3.05) is 0 Å². The van der Waals surface area contributed by atoms with E-state index in [0.717, 1.165) is 0 Å². The van der Waals surface area contributed by atoms with Crippen LogP contribution in [0.4, 0.5) is 0 Å². The van der Waals surface area contributed by atoms with Gasteiger partial charge in [0.05, 0.1) is 107 Å². The quantitative estimate of drug-likeness (QED) is 0.0612. The van der Waals surface area contributed by atoms with Crippen LogP contribution in [-0.2, 0) is 4.12 Å². The summed E-state index contributed by atoms with van der Waals surface area (Å²) in [7, 11) is -11.1. The van der Waals surface area contributed by atoms with Crippen molar-refractivity contribution in [1.29, 1.82) is 0 Å². The Bertz CT molecular complexity index is 2680. The van der Waals surface area contributed by atoms with Crippen molar-refractivity contribution < 1.29 is 30.7 Å². The van der Waals surface area contributed by atoms with Gasteiger partial charge in [-0.05, 0) is 478 Å². The van der Waals surface area contributed by atoms with Gasteiger partial charge in [-0.15, -0.1) is 0 Å². The van der Waals surface area contributed by atoms with Crippen LogP contribution in [0.3, 0.4) is 0 Å². The molecule has 0 amide bonds. The first-order valence-corrected chi connectivity index (χ1v) is 44.6. The van der Waals surface area contributed by atoms with E-state index in [1.165, 1.54) is 0 Å². The SMILES string of the molecule is Brc1c(Br)c(Br)c(O[Si](Oc2c(Br)c(Br)c(Br)c(Br)c2Br)(Oc2c(Br)c(Br)c(Br)c(Br)c2Br)O[Si](Oc2c(Br)c(Br)c(Br)c(Br)c2Br)(Oc2c(Br)c(Br)c(Br)c(Br)c2Br)Oc2c(Br)c(Br)c(Br)c(Br)c2Br)c(Br)c1Br. The van der Waals surface area contributed by atoms with Crippen LogP contribution in [0.15, 0.2) is 134 Å². The molecule has 0 atom stereocenters. The van der Waals surface area contributed by atoms with Gasteiger partial charge < -0.3 is 26.6 Å². The van der Waals surface area contributed by atoms with Crippen LogP contribution in [-0.4, -0.2) is 18.1 Å². The van der Waals surface area contributed by atoms with Crippen LogP contribution in [0, 0.1) is 0 Å². The van der Waals surface area contributed by atoms with E-state index >= 15 is 0 Å². The van der Waals surface area contributed by atoms with Crippen LogP contribution >= 0.6 is 478 Å². The fourth-order valence-electron chi connectivity index (χ4n) is 5.20. The third-order valence-corrected chi connectivity index (χ3v) is 49.5. The van der Waals surface area contributed by atoms with E-state index in [1.807, 2.05) is 0 Å². The molecule has 0 saturated carbocycles. The fraction of sp³-hybridized carbons (Fsp3) is 0.